The molecule has 19 heavy (non-hydrogen) atoms. The summed E-state index contributed by atoms with van der Waals surface area (Å²) in [6, 6.07) is 2.49. The minimum absolute atomic E-state index is 0.150. The van der Waals surface area contributed by atoms with Gasteiger partial charge in [-0.3, -0.25) is 10.1 Å². The van der Waals surface area contributed by atoms with Crippen LogP contribution in [0.15, 0.2) is 12.1 Å². The molecule has 7 heteroatoms. The average molecular weight is 288 g/mol. The zero-order valence-electron chi connectivity index (χ0n) is 10.8. The molecule has 0 aromatic heterocycles. The van der Waals surface area contributed by atoms with Crippen LogP contribution in [0.25, 0.3) is 0 Å². The number of hydrogen-bond donors (Lipinski definition) is 0. The van der Waals surface area contributed by atoms with Gasteiger partial charge in [0.05, 0.1) is 9.95 Å². The fraction of sp³-hybridized carbons (Fsp3) is 0.500. The van der Waals surface area contributed by atoms with Crippen molar-refractivity contribution in [1.82, 2.24) is 4.90 Å². The van der Waals surface area contributed by atoms with E-state index in [1.165, 1.54) is 0 Å². The fourth-order valence-electron chi connectivity index (χ4n) is 2.19. The third-order valence-electron chi connectivity index (χ3n) is 3.51. The van der Waals surface area contributed by atoms with Gasteiger partial charge in [-0.25, -0.2) is 4.39 Å². The number of nitro groups is 1. The maximum absolute atomic E-state index is 13.6. The minimum atomic E-state index is -0.631. The van der Waals surface area contributed by atoms with Crippen LogP contribution in [0, 0.1) is 15.9 Å². The largest absolute Gasteiger partial charge is 0.363 e. The number of nitrogens with zero attached hydrogens (tertiary/aromatic N) is 3. The first-order chi connectivity index (χ1) is 8.90. The quantitative estimate of drug-likeness (QED) is 0.619. The zero-order chi connectivity index (χ0) is 14.2. The van der Waals surface area contributed by atoms with E-state index in [4.69, 9.17) is 11.6 Å². The second-order valence-corrected chi connectivity index (χ2v) is 5.19. The van der Waals surface area contributed by atoms with Crippen LogP contribution in [-0.2, 0) is 0 Å². The van der Waals surface area contributed by atoms with Gasteiger partial charge in [-0.15, -0.1) is 0 Å². The van der Waals surface area contributed by atoms with Crippen LogP contribution in [0.1, 0.15) is 6.92 Å². The van der Waals surface area contributed by atoms with E-state index < -0.39 is 10.7 Å². The Morgan fingerprint density at radius 1 is 1.47 bits per heavy atom. The summed E-state index contributed by atoms with van der Waals surface area (Å²) in [5, 5.41) is 10.8. The molecule has 0 saturated carbocycles. The molecule has 5 nitrogen and oxygen atoms in total. The Morgan fingerprint density at radius 2 is 2.16 bits per heavy atom. The molecule has 1 aromatic carbocycles. The summed E-state index contributed by atoms with van der Waals surface area (Å²) in [5.74, 6) is -0.631. The fourth-order valence-corrected chi connectivity index (χ4v) is 2.35. The summed E-state index contributed by atoms with van der Waals surface area (Å²) >= 11 is 5.61. The Morgan fingerprint density at radius 3 is 2.74 bits per heavy atom. The molecule has 2 rings (SSSR count). The molecule has 0 radical (unpaired) electrons. The van der Waals surface area contributed by atoms with Gasteiger partial charge in [-0.2, -0.15) is 0 Å². The van der Waals surface area contributed by atoms with Crippen LogP contribution in [0.5, 0.6) is 0 Å². The normalized spacial score (nSPS) is 20.6. The van der Waals surface area contributed by atoms with E-state index in [2.05, 4.69) is 4.90 Å². The van der Waals surface area contributed by atoms with Gasteiger partial charge >= 0.3 is 0 Å². The van der Waals surface area contributed by atoms with Crippen molar-refractivity contribution in [3.05, 3.63) is 33.1 Å². The van der Waals surface area contributed by atoms with E-state index in [1.54, 1.807) is 0 Å². The van der Waals surface area contributed by atoms with Crippen molar-refractivity contribution < 1.29 is 9.31 Å². The SMILES string of the molecule is C[C@H]1CN(c2cc(F)c(Cl)cc2[N+](=O)[O-])CCN1C. The molecule has 1 aliphatic rings. The summed E-state index contributed by atoms with van der Waals surface area (Å²) in [5.41, 5.74) is 0.148. The lowest BCUT2D eigenvalue weighted by Gasteiger charge is -2.38. The Kier molecular flexibility index (Phi) is 3.91. The number of anilines is 1. The predicted molar refractivity (Wildman–Crippen MR) is 72.4 cm³/mol. The summed E-state index contributed by atoms with van der Waals surface area (Å²) < 4.78 is 13.6. The first kappa shape index (κ1) is 14.0. The summed E-state index contributed by atoms with van der Waals surface area (Å²) in [4.78, 5) is 14.5. The highest BCUT2D eigenvalue weighted by atomic mass is 35.5. The lowest BCUT2D eigenvalue weighted by atomic mass is 10.1. The smallest absolute Gasteiger partial charge is 0.294 e. The summed E-state index contributed by atoms with van der Waals surface area (Å²) in [6.45, 7) is 4.06. The lowest BCUT2D eigenvalue weighted by molar-refractivity contribution is -0.384. The molecular formula is C12H15ClFN3O2. The Labute approximate surface area is 115 Å². The predicted octanol–water partition coefficient (Wildman–Crippen LogP) is 2.53. The molecule has 0 amide bonds. The summed E-state index contributed by atoms with van der Waals surface area (Å²) in [7, 11) is 2.00. The van der Waals surface area contributed by atoms with E-state index in [1.807, 2.05) is 18.9 Å². The molecular weight excluding hydrogens is 273 g/mol. The van der Waals surface area contributed by atoms with Gasteiger partial charge in [0.15, 0.2) is 0 Å². The average Bonchev–Trinajstić information content (AvgIpc) is 2.35. The molecule has 0 N–H and O–H groups in total. The monoisotopic (exact) mass is 287 g/mol. The standard InChI is InChI=1S/C12H15ClFN3O2/c1-8-7-16(4-3-15(8)2)11-6-10(14)9(13)5-12(11)17(18)19/h5-6,8H,3-4,7H2,1-2H3/t8-/m0/s1. The van der Waals surface area contributed by atoms with Gasteiger partial charge in [-0.05, 0) is 14.0 Å². The Hall–Kier alpha value is -1.40. The van der Waals surface area contributed by atoms with E-state index >= 15 is 0 Å². The first-order valence-electron chi connectivity index (χ1n) is 5.98. The molecule has 1 heterocycles. The van der Waals surface area contributed by atoms with Crippen molar-refractivity contribution in [2.24, 2.45) is 0 Å². The maximum atomic E-state index is 13.6. The van der Waals surface area contributed by atoms with E-state index in [0.29, 0.717) is 18.8 Å². The van der Waals surface area contributed by atoms with Crippen LogP contribution in [0.4, 0.5) is 15.8 Å². The van der Waals surface area contributed by atoms with Gasteiger partial charge in [-0.1, -0.05) is 11.6 Å². The number of rotatable bonds is 2. The highest BCUT2D eigenvalue weighted by Crippen LogP contribution is 2.34. The van der Waals surface area contributed by atoms with Gasteiger partial charge in [0.2, 0.25) is 0 Å². The van der Waals surface area contributed by atoms with Gasteiger partial charge in [0.1, 0.15) is 11.5 Å². The maximum Gasteiger partial charge on any atom is 0.294 e. The highest BCUT2D eigenvalue weighted by molar-refractivity contribution is 6.31. The molecule has 1 atom stereocenters. The number of piperazine rings is 1. The van der Waals surface area contributed by atoms with Gasteiger partial charge in [0, 0.05) is 37.8 Å². The second kappa shape index (κ2) is 5.30. The van der Waals surface area contributed by atoms with Crippen molar-refractivity contribution in [2.75, 3.05) is 31.6 Å². The lowest BCUT2D eigenvalue weighted by Crippen LogP contribution is -2.50. The van der Waals surface area contributed by atoms with E-state index in [-0.39, 0.29) is 16.8 Å². The van der Waals surface area contributed by atoms with Gasteiger partial charge < -0.3 is 9.80 Å². The molecule has 1 saturated heterocycles. The van der Waals surface area contributed by atoms with Crippen molar-refractivity contribution >= 4 is 23.0 Å². The second-order valence-electron chi connectivity index (χ2n) is 4.79. The number of nitro benzene ring substituents is 1. The molecule has 0 spiro atoms. The number of hydrogen-bond acceptors (Lipinski definition) is 4. The molecule has 1 fully saturated rings. The topological polar surface area (TPSA) is 49.6 Å². The van der Waals surface area contributed by atoms with Crippen LogP contribution >= 0.6 is 11.6 Å². The third-order valence-corrected chi connectivity index (χ3v) is 3.80. The van der Waals surface area contributed by atoms with Crippen molar-refractivity contribution in [3.8, 4) is 0 Å². The van der Waals surface area contributed by atoms with Crippen LogP contribution < -0.4 is 4.90 Å². The number of benzene rings is 1. The molecule has 0 unspecified atom stereocenters. The van der Waals surface area contributed by atoms with Crippen molar-refractivity contribution in [3.63, 3.8) is 0 Å². The van der Waals surface area contributed by atoms with E-state index in [9.17, 15) is 14.5 Å². The van der Waals surface area contributed by atoms with E-state index in [0.717, 1.165) is 18.7 Å². The highest BCUT2D eigenvalue weighted by Gasteiger charge is 2.27. The van der Waals surface area contributed by atoms with Crippen molar-refractivity contribution in [1.29, 1.82) is 0 Å². The molecule has 1 aliphatic heterocycles. The minimum Gasteiger partial charge on any atom is -0.363 e. The number of likely N-dealkylation sites (N-methyl/N-ethyl adjacent to an activating group) is 1. The van der Waals surface area contributed by atoms with Crippen molar-refractivity contribution in [2.45, 2.75) is 13.0 Å². The molecule has 1 aromatic rings. The molecule has 0 bridgehead atoms. The first-order valence-corrected chi connectivity index (χ1v) is 6.36. The van der Waals surface area contributed by atoms with Crippen LogP contribution in [0.3, 0.4) is 0 Å². The summed E-state index contributed by atoms with van der Waals surface area (Å²) in [6.07, 6.45) is 0. The third kappa shape index (κ3) is 2.79. The Bertz CT molecular complexity index is 512. The zero-order valence-corrected chi connectivity index (χ0v) is 11.5. The van der Waals surface area contributed by atoms with Crippen LogP contribution in [0.2, 0.25) is 5.02 Å². The molecule has 0 aliphatic carbocycles. The van der Waals surface area contributed by atoms with Crippen LogP contribution in [-0.4, -0.2) is 42.5 Å². The number of halogens is 2. The van der Waals surface area contributed by atoms with Gasteiger partial charge in [0.25, 0.3) is 5.69 Å². The molecule has 104 valence electrons. The Balaban J connectivity index is 2.38.